The van der Waals surface area contributed by atoms with E-state index in [1.54, 1.807) is 7.11 Å². The predicted molar refractivity (Wildman–Crippen MR) is 98.3 cm³/mol. The minimum atomic E-state index is 0.0589. The van der Waals surface area contributed by atoms with Crippen molar-refractivity contribution in [1.29, 1.82) is 0 Å². The van der Waals surface area contributed by atoms with Crippen LogP contribution in [0.3, 0.4) is 0 Å². The molecule has 2 rings (SSSR count). The van der Waals surface area contributed by atoms with Crippen molar-refractivity contribution in [1.82, 2.24) is 0 Å². The van der Waals surface area contributed by atoms with E-state index in [4.69, 9.17) is 14.2 Å². The molecule has 130 valence electrons. The van der Waals surface area contributed by atoms with Crippen molar-refractivity contribution in [3.05, 3.63) is 53.6 Å². The fraction of sp³-hybridized carbons (Fsp3) is 0.400. The van der Waals surface area contributed by atoms with Gasteiger partial charge in [-0.15, -0.1) is 0 Å². The largest absolute Gasteiger partial charge is 0.491 e. The summed E-state index contributed by atoms with van der Waals surface area (Å²) in [5, 5.41) is 3.39. The Kier molecular flexibility index (Phi) is 6.94. The maximum atomic E-state index is 6.05. The maximum absolute atomic E-state index is 6.05. The first-order chi connectivity index (χ1) is 11.6. The number of aryl methyl sites for hydroxylation is 2. The first-order valence-electron chi connectivity index (χ1n) is 8.28. The third-order valence-corrected chi connectivity index (χ3v) is 3.66. The van der Waals surface area contributed by atoms with Crippen molar-refractivity contribution in [2.24, 2.45) is 0 Å². The fourth-order valence-corrected chi connectivity index (χ4v) is 2.29. The van der Waals surface area contributed by atoms with Gasteiger partial charge in [0, 0.05) is 18.9 Å². The summed E-state index contributed by atoms with van der Waals surface area (Å²) in [5.41, 5.74) is 3.37. The molecule has 0 amide bonds. The number of anilines is 1. The van der Waals surface area contributed by atoms with E-state index in [0.717, 1.165) is 29.3 Å². The van der Waals surface area contributed by atoms with E-state index in [1.165, 1.54) is 5.56 Å². The summed E-state index contributed by atoms with van der Waals surface area (Å²) in [6.45, 7) is 8.05. The van der Waals surface area contributed by atoms with Crippen molar-refractivity contribution in [2.45, 2.75) is 26.9 Å². The lowest BCUT2D eigenvalue weighted by Crippen LogP contribution is -2.23. The van der Waals surface area contributed by atoms with Crippen molar-refractivity contribution < 1.29 is 14.2 Å². The van der Waals surface area contributed by atoms with Gasteiger partial charge in [-0.3, -0.25) is 0 Å². The van der Waals surface area contributed by atoms with Gasteiger partial charge < -0.3 is 19.5 Å². The van der Waals surface area contributed by atoms with Gasteiger partial charge >= 0.3 is 0 Å². The average Bonchev–Trinajstić information content (AvgIpc) is 2.57. The Labute approximate surface area is 144 Å². The van der Waals surface area contributed by atoms with E-state index < -0.39 is 0 Å². The molecule has 0 unspecified atom stereocenters. The van der Waals surface area contributed by atoms with Gasteiger partial charge in [0.05, 0.1) is 13.2 Å². The number of rotatable bonds is 9. The van der Waals surface area contributed by atoms with Crippen LogP contribution in [0.25, 0.3) is 0 Å². The number of hydrogen-bond donors (Lipinski definition) is 1. The maximum Gasteiger partial charge on any atom is 0.122 e. The second-order valence-electron chi connectivity index (χ2n) is 5.95. The van der Waals surface area contributed by atoms with Crippen LogP contribution in [0.1, 0.15) is 18.1 Å². The summed E-state index contributed by atoms with van der Waals surface area (Å²) < 4.78 is 16.7. The minimum Gasteiger partial charge on any atom is -0.491 e. The quantitative estimate of drug-likeness (QED) is 0.700. The molecule has 0 spiro atoms. The second-order valence-corrected chi connectivity index (χ2v) is 5.95. The zero-order chi connectivity index (χ0) is 17.4. The van der Waals surface area contributed by atoms with Crippen molar-refractivity contribution in [2.75, 3.05) is 32.2 Å². The Morgan fingerprint density at radius 2 is 1.88 bits per heavy atom. The zero-order valence-electron chi connectivity index (χ0n) is 15.0. The minimum absolute atomic E-state index is 0.0589. The lowest BCUT2D eigenvalue weighted by Gasteiger charge is -2.18. The van der Waals surface area contributed by atoms with Crippen molar-refractivity contribution in [3.8, 4) is 11.5 Å². The fourth-order valence-electron chi connectivity index (χ4n) is 2.29. The van der Waals surface area contributed by atoms with E-state index in [9.17, 15) is 0 Å². The Balaban J connectivity index is 1.86. The third kappa shape index (κ3) is 5.78. The molecule has 0 aromatic heterocycles. The molecule has 2 aromatic carbocycles. The number of ether oxygens (including phenoxy) is 3. The molecule has 0 bridgehead atoms. The first kappa shape index (κ1) is 18.1. The summed E-state index contributed by atoms with van der Waals surface area (Å²) in [6, 6.07) is 14.2. The smallest absolute Gasteiger partial charge is 0.122 e. The predicted octanol–water partition coefficient (Wildman–Crippen LogP) is 4.21. The van der Waals surface area contributed by atoms with E-state index in [1.807, 2.05) is 24.3 Å². The molecule has 0 saturated heterocycles. The van der Waals surface area contributed by atoms with Gasteiger partial charge in [-0.1, -0.05) is 18.2 Å². The van der Waals surface area contributed by atoms with Crippen molar-refractivity contribution >= 4 is 5.69 Å². The van der Waals surface area contributed by atoms with Crippen LogP contribution < -0.4 is 14.8 Å². The van der Waals surface area contributed by atoms with Gasteiger partial charge in [0.25, 0.3) is 0 Å². The molecule has 0 radical (unpaired) electrons. The lowest BCUT2D eigenvalue weighted by molar-refractivity contribution is 0.146. The van der Waals surface area contributed by atoms with Crippen LogP contribution in [-0.4, -0.2) is 33.0 Å². The summed E-state index contributed by atoms with van der Waals surface area (Å²) >= 11 is 0. The highest BCUT2D eigenvalue weighted by Gasteiger charge is 2.07. The summed E-state index contributed by atoms with van der Waals surface area (Å²) in [4.78, 5) is 0. The molecule has 0 fully saturated rings. The molecule has 0 aliphatic rings. The molecular weight excluding hydrogens is 302 g/mol. The highest BCUT2D eigenvalue weighted by Crippen LogP contribution is 2.21. The normalized spacial score (nSPS) is 11.8. The molecule has 0 aliphatic heterocycles. The first-order valence-corrected chi connectivity index (χ1v) is 8.28. The molecule has 0 heterocycles. The molecule has 0 saturated carbocycles. The van der Waals surface area contributed by atoms with Gasteiger partial charge in [-0.2, -0.15) is 0 Å². The molecule has 24 heavy (non-hydrogen) atoms. The topological polar surface area (TPSA) is 39.7 Å². The van der Waals surface area contributed by atoms with Crippen LogP contribution in [0, 0.1) is 13.8 Å². The molecule has 0 aliphatic carbocycles. The summed E-state index contributed by atoms with van der Waals surface area (Å²) in [6.07, 6.45) is 0.0589. The molecule has 2 aromatic rings. The van der Waals surface area contributed by atoms with Crippen LogP contribution in [0.4, 0.5) is 5.69 Å². The Hall–Kier alpha value is -2.20. The summed E-state index contributed by atoms with van der Waals surface area (Å²) in [5.74, 6) is 1.78. The number of benzene rings is 2. The van der Waals surface area contributed by atoms with E-state index >= 15 is 0 Å². The van der Waals surface area contributed by atoms with Crippen molar-refractivity contribution in [3.63, 3.8) is 0 Å². The zero-order valence-corrected chi connectivity index (χ0v) is 15.0. The van der Waals surface area contributed by atoms with Gasteiger partial charge in [0.2, 0.25) is 0 Å². The van der Waals surface area contributed by atoms with Gasteiger partial charge in [0.1, 0.15) is 24.2 Å². The van der Waals surface area contributed by atoms with Gasteiger partial charge in [0.15, 0.2) is 0 Å². The monoisotopic (exact) mass is 329 g/mol. The molecule has 1 N–H and O–H groups in total. The van der Waals surface area contributed by atoms with Crippen LogP contribution in [0.5, 0.6) is 11.5 Å². The van der Waals surface area contributed by atoms with E-state index in [0.29, 0.717) is 13.2 Å². The molecule has 4 heteroatoms. The number of hydrogen-bond acceptors (Lipinski definition) is 4. The highest BCUT2D eigenvalue weighted by molar-refractivity contribution is 5.48. The Bertz CT molecular complexity index is 643. The van der Waals surface area contributed by atoms with Crippen LogP contribution >= 0.6 is 0 Å². The molecule has 1 atom stereocenters. The molecule has 4 nitrogen and oxygen atoms in total. The van der Waals surface area contributed by atoms with Crippen LogP contribution in [0.2, 0.25) is 0 Å². The second kappa shape index (κ2) is 9.18. The van der Waals surface area contributed by atoms with Gasteiger partial charge in [-0.25, -0.2) is 0 Å². The van der Waals surface area contributed by atoms with Gasteiger partial charge in [-0.05, 0) is 50.1 Å². The van der Waals surface area contributed by atoms with E-state index in [-0.39, 0.29) is 6.10 Å². The third-order valence-electron chi connectivity index (χ3n) is 3.66. The highest BCUT2D eigenvalue weighted by atomic mass is 16.5. The summed E-state index contributed by atoms with van der Waals surface area (Å²) in [7, 11) is 1.67. The number of methoxy groups -OCH3 is 1. The standard InChI is InChI=1S/C20H27NO3/c1-15-8-9-16(2)20(12-15)24-17(3)14-21-18-6-5-7-19(13-18)23-11-10-22-4/h5-9,12-13,17,21H,10-11,14H2,1-4H3/t17-/m1/s1. The number of nitrogens with one attached hydrogen (secondary N) is 1. The Morgan fingerprint density at radius 3 is 2.67 bits per heavy atom. The molecular formula is C20H27NO3. The van der Waals surface area contributed by atoms with E-state index in [2.05, 4.69) is 44.3 Å². The SMILES string of the molecule is COCCOc1cccc(NC[C@@H](C)Oc2cc(C)ccc2C)c1. The van der Waals surface area contributed by atoms with Crippen LogP contribution in [0.15, 0.2) is 42.5 Å². The average molecular weight is 329 g/mol. The van der Waals surface area contributed by atoms with Crippen LogP contribution in [-0.2, 0) is 4.74 Å². The Morgan fingerprint density at radius 1 is 1.04 bits per heavy atom. The lowest BCUT2D eigenvalue weighted by atomic mass is 10.1.